The predicted octanol–water partition coefficient (Wildman–Crippen LogP) is 2.71. The van der Waals surface area contributed by atoms with Gasteiger partial charge in [0.25, 0.3) is 0 Å². The highest BCUT2D eigenvalue weighted by Gasteiger charge is 1.96. The van der Waals surface area contributed by atoms with Gasteiger partial charge in [0.2, 0.25) is 0 Å². The van der Waals surface area contributed by atoms with E-state index >= 15 is 0 Å². The van der Waals surface area contributed by atoms with Crippen molar-refractivity contribution in [2.75, 3.05) is 5.32 Å². The van der Waals surface area contributed by atoms with Crippen LogP contribution in [0.1, 0.15) is 16.8 Å². The smallest absolute Gasteiger partial charge is 0.129 e. The normalized spacial score (nSPS) is 10.1. The van der Waals surface area contributed by atoms with Gasteiger partial charge in [-0.1, -0.05) is 29.8 Å². The first-order valence-corrected chi connectivity index (χ1v) is 5.32. The van der Waals surface area contributed by atoms with Gasteiger partial charge in [0.05, 0.1) is 0 Å². The number of anilines is 1. The minimum atomic E-state index is 0.790. The standard InChI is InChI=1S/C13H15N3/c1-10-4-3-5-12(6-10)8-14-13-7-11(2)15-9-16-13/h3-7,9H,8H2,1-2H3,(H,14,15,16). The number of nitrogens with one attached hydrogen (secondary N) is 1. The Hall–Kier alpha value is -1.90. The first kappa shape index (κ1) is 10.6. The van der Waals surface area contributed by atoms with Crippen LogP contribution in [0.15, 0.2) is 36.7 Å². The second-order valence-corrected chi connectivity index (χ2v) is 3.89. The molecule has 0 bridgehead atoms. The van der Waals surface area contributed by atoms with Gasteiger partial charge in [-0.15, -0.1) is 0 Å². The van der Waals surface area contributed by atoms with Crippen molar-refractivity contribution in [2.45, 2.75) is 20.4 Å². The van der Waals surface area contributed by atoms with E-state index < -0.39 is 0 Å². The minimum absolute atomic E-state index is 0.790. The van der Waals surface area contributed by atoms with Crippen molar-refractivity contribution >= 4 is 5.82 Å². The van der Waals surface area contributed by atoms with Gasteiger partial charge >= 0.3 is 0 Å². The zero-order valence-corrected chi connectivity index (χ0v) is 9.57. The lowest BCUT2D eigenvalue weighted by Crippen LogP contribution is -2.02. The third-order valence-corrected chi connectivity index (χ3v) is 2.36. The molecule has 0 aliphatic heterocycles. The van der Waals surface area contributed by atoms with Gasteiger partial charge in [-0.3, -0.25) is 0 Å². The molecule has 0 saturated carbocycles. The highest BCUT2D eigenvalue weighted by atomic mass is 15.0. The van der Waals surface area contributed by atoms with E-state index in [1.165, 1.54) is 11.1 Å². The van der Waals surface area contributed by atoms with Gasteiger partial charge in [0.1, 0.15) is 12.1 Å². The summed E-state index contributed by atoms with van der Waals surface area (Å²) in [6.45, 7) is 4.84. The molecular formula is C13H15N3. The number of hydrogen-bond donors (Lipinski definition) is 1. The van der Waals surface area contributed by atoms with Crippen LogP contribution >= 0.6 is 0 Å². The molecule has 0 saturated heterocycles. The summed E-state index contributed by atoms with van der Waals surface area (Å²) in [6.07, 6.45) is 1.58. The summed E-state index contributed by atoms with van der Waals surface area (Å²) in [5.41, 5.74) is 3.51. The molecule has 0 atom stereocenters. The summed E-state index contributed by atoms with van der Waals surface area (Å²) >= 11 is 0. The molecule has 0 fully saturated rings. The van der Waals surface area contributed by atoms with Gasteiger partial charge < -0.3 is 5.32 Å². The fraction of sp³-hybridized carbons (Fsp3) is 0.231. The molecule has 0 spiro atoms. The van der Waals surface area contributed by atoms with E-state index in [1.807, 2.05) is 13.0 Å². The van der Waals surface area contributed by atoms with Crippen LogP contribution in [0.25, 0.3) is 0 Å². The van der Waals surface area contributed by atoms with E-state index in [-0.39, 0.29) is 0 Å². The maximum Gasteiger partial charge on any atom is 0.129 e. The van der Waals surface area contributed by atoms with E-state index in [0.717, 1.165) is 18.1 Å². The molecule has 16 heavy (non-hydrogen) atoms. The largest absolute Gasteiger partial charge is 0.366 e. The van der Waals surface area contributed by atoms with Crippen LogP contribution < -0.4 is 5.32 Å². The van der Waals surface area contributed by atoms with Crippen LogP contribution in [-0.4, -0.2) is 9.97 Å². The van der Waals surface area contributed by atoms with Crippen molar-refractivity contribution in [2.24, 2.45) is 0 Å². The van der Waals surface area contributed by atoms with E-state index in [4.69, 9.17) is 0 Å². The number of aromatic nitrogens is 2. The van der Waals surface area contributed by atoms with Gasteiger partial charge in [-0.2, -0.15) is 0 Å². The maximum atomic E-state index is 4.15. The molecule has 2 aromatic rings. The number of nitrogens with zero attached hydrogens (tertiary/aromatic N) is 2. The summed E-state index contributed by atoms with van der Waals surface area (Å²) in [5.74, 6) is 0.869. The fourth-order valence-corrected chi connectivity index (χ4v) is 1.57. The van der Waals surface area contributed by atoms with Crippen molar-refractivity contribution in [1.82, 2.24) is 9.97 Å². The fourth-order valence-electron chi connectivity index (χ4n) is 1.57. The van der Waals surface area contributed by atoms with Gasteiger partial charge in [-0.25, -0.2) is 9.97 Å². The molecular weight excluding hydrogens is 198 g/mol. The Labute approximate surface area is 95.6 Å². The average Bonchev–Trinajstić information content (AvgIpc) is 2.27. The molecule has 1 heterocycles. The third-order valence-electron chi connectivity index (χ3n) is 2.36. The van der Waals surface area contributed by atoms with Gasteiger partial charge in [0.15, 0.2) is 0 Å². The molecule has 82 valence electrons. The molecule has 0 radical (unpaired) electrons. The zero-order valence-electron chi connectivity index (χ0n) is 9.57. The SMILES string of the molecule is Cc1cccc(CNc2cc(C)ncn2)c1. The topological polar surface area (TPSA) is 37.8 Å². The first-order valence-electron chi connectivity index (χ1n) is 5.32. The Balaban J connectivity index is 2.02. The third kappa shape index (κ3) is 2.79. The van der Waals surface area contributed by atoms with Crippen LogP contribution in [0, 0.1) is 13.8 Å². The highest BCUT2D eigenvalue weighted by molar-refractivity contribution is 5.36. The summed E-state index contributed by atoms with van der Waals surface area (Å²) in [7, 11) is 0. The summed E-state index contributed by atoms with van der Waals surface area (Å²) in [6, 6.07) is 10.4. The monoisotopic (exact) mass is 213 g/mol. The Bertz CT molecular complexity index is 435. The number of benzene rings is 1. The van der Waals surface area contributed by atoms with Crippen LogP contribution in [-0.2, 0) is 6.54 Å². The van der Waals surface area contributed by atoms with Crippen molar-refractivity contribution in [1.29, 1.82) is 0 Å². The summed E-state index contributed by atoms with van der Waals surface area (Å²) < 4.78 is 0. The van der Waals surface area contributed by atoms with Crippen LogP contribution in [0.4, 0.5) is 5.82 Å². The van der Waals surface area contributed by atoms with Crippen LogP contribution in [0.3, 0.4) is 0 Å². The van der Waals surface area contributed by atoms with E-state index in [1.54, 1.807) is 6.33 Å². The van der Waals surface area contributed by atoms with Crippen molar-refractivity contribution < 1.29 is 0 Å². The highest BCUT2D eigenvalue weighted by Crippen LogP contribution is 2.08. The number of rotatable bonds is 3. The van der Waals surface area contributed by atoms with Crippen LogP contribution in [0.2, 0.25) is 0 Å². The minimum Gasteiger partial charge on any atom is -0.366 e. The molecule has 0 unspecified atom stereocenters. The number of aryl methyl sites for hydroxylation is 2. The van der Waals surface area contributed by atoms with Crippen LogP contribution in [0.5, 0.6) is 0 Å². The van der Waals surface area contributed by atoms with E-state index in [9.17, 15) is 0 Å². The van der Waals surface area contributed by atoms with Gasteiger partial charge in [-0.05, 0) is 19.4 Å². The summed E-state index contributed by atoms with van der Waals surface area (Å²) in [5, 5.41) is 3.28. The molecule has 0 aliphatic rings. The molecule has 1 aromatic carbocycles. The molecule has 3 nitrogen and oxygen atoms in total. The Morgan fingerprint density at radius 3 is 2.75 bits per heavy atom. The Morgan fingerprint density at radius 1 is 1.12 bits per heavy atom. The zero-order chi connectivity index (χ0) is 11.4. The molecule has 2 rings (SSSR count). The Morgan fingerprint density at radius 2 is 2.00 bits per heavy atom. The second-order valence-electron chi connectivity index (χ2n) is 3.89. The van der Waals surface area contributed by atoms with Crippen molar-refractivity contribution in [3.8, 4) is 0 Å². The lowest BCUT2D eigenvalue weighted by molar-refractivity contribution is 1.05. The van der Waals surface area contributed by atoms with Crippen molar-refractivity contribution in [3.05, 3.63) is 53.5 Å². The lowest BCUT2D eigenvalue weighted by atomic mass is 10.1. The maximum absolute atomic E-state index is 4.15. The molecule has 0 aliphatic carbocycles. The molecule has 0 amide bonds. The lowest BCUT2D eigenvalue weighted by Gasteiger charge is -2.06. The molecule has 1 N–H and O–H groups in total. The predicted molar refractivity (Wildman–Crippen MR) is 65.3 cm³/mol. The first-order chi connectivity index (χ1) is 7.74. The van der Waals surface area contributed by atoms with Crippen molar-refractivity contribution in [3.63, 3.8) is 0 Å². The molecule has 1 aromatic heterocycles. The molecule has 3 heteroatoms. The van der Waals surface area contributed by atoms with E-state index in [0.29, 0.717) is 0 Å². The second kappa shape index (κ2) is 4.75. The average molecular weight is 213 g/mol. The summed E-state index contributed by atoms with van der Waals surface area (Å²) in [4.78, 5) is 8.21. The Kier molecular flexibility index (Phi) is 3.15. The van der Waals surface area contributed by atoms with E-state index in [2.05, 4.69) is 46.5 Å². The van der Waals surface area contributed by atoms with Gasteiger partial charge in [0, 0.05) is 18.3 Å². The quantitative estimate of drug-likeness (QED) is 0.851. The number of hydrogen-bond acceptors (Lipinski definition) is 3.